The summed E-state index contributed by atoms with van der Waals surface area (Å²) in [4.78, 5) is 28.3. The first-order valence-electron chi connectivity index (χ1n) is 11.0. The van der Waals surface area contributed by atoms with Crippen LogP contribution in [0.2, 0.25) is 5.02 Å². The van der Waals surface area contributed by atoms with E-state index in [-0.39, 0.29) is 36.3 Å². The van der Waals surface area contributed by atoms with Crippen molar-refractivity contribution in [2.24, 2.45) is 0 Å². The molecule has 37 heavy (non-hydrogen) atoms. The van der Waals surface area contributed by atoms with Gasteiger partial charge in [-0.2, -0.15) is 13.2 Å². The molecule has 1 amide bonds. The fourth-order valence-electron chi connectivity index (χ4n) is 3.43. The molecule has 0 radical (unpaired) electrons. The van der Waals surface area contributed by atoms with Gasteiger partial charge >= 0.3 is 12.1 Å². The first-order valence-corrected chi connectivity index (χ1v) is 11.4. The zero-order valence-corrected chi connectivity index (χ0v) is 20.1. The maximum atomic E-state index is 13.5. The highest BCUT2D eigenvalue weighted by Crippen LogP contribution is 2.39. The van der Waals surface area contributed by atoms with Crippen LogP contribution in [0.4, 0.5) is 13.2 Å². The van der Waals surface area contributed by atoms with Crippen molar-refractivity contribution in [3.8, 4) is 17.2 Å². The summed E-state index contributed by atoms with van der Waals surface area (Å²) in [6, 6.07) is 15.6. The molecule has 4 rings (SSSR count). The van der Waals surface area contributed by atoms with Gasteiger partial charge in [-0.15, -0.1) is 0 Å². The van der Waals surface area contributed by atoms with Crippen molar-refractivity contribution >= 4 is 34.6 Å². The van der Waals surface area contributed by atoms with Crippen molar-refractivity contribution in [1.29, 1.82) is 0 Å². The predicted molar refractivity (Wildman–Crippen MR) is 129 cm³/mol. The Morgan fingerprint density at radius 3 is 2.49 bits per heavy atom. The minimum atomic E-state index is -4.64. The highest BCUT2D eigenvalue weighted by molar-refractivity contribution is 6.30. The number of carbonyl (C=O) groups excluding carboxylic acids is 2. The lowest BCUT2D eigenvalue weighted by Crippen LogP contribution is -2.28. The third-order valence-electron chi connectivity index (χ3n) is 5.18. The fourth-order valence-corrected chi connectivity index (χ4v) is 3.56. The van der Waals surface area contributed by atoms with Gasteiger partial charge in [-0.3, -0.25) is 4.79 Å². The van der Waals surface area contributed by atoms with Crippen LogP contribution in [0.1, 0.15) is 24.2 Å². The van der Waals surface area contributed by atoms with Gasteiger partial charge in [-0.1, -0.05) is 35.9 Å². The first-order chi connectivity index (χ1) is 17.6. The number of carbonyl (C=O) groups is 2. The molecule has 1 atom stereocenters. The molecule has 1 N–H and O–H groups in total. The number of benzene rings is 3. The van der Waals surface area contributed by atoms with Crippen LogP contribution in [-0.2, 0) is 20.5 Å². The molecule has 7 nitrogen and oxygen atoms in total. The first kappa shape index (κ1) is 26.0. The number of aromatic nitrogens is 1. The Balaban J connectivity index is 1.73. The quantitative estimate of drug-likeness (QED) is 0.222. The Kier molecular flexibility index (Phi) is 7.68. The van der Waals surface area contributed by atoms with Crippen molar-refractivity contribution in [2.45, 2.75) is 19.2 Å². The van der Waals surface area contributed by atoms with Gasteiger partial charge in [0.05, 0.1) is 17.7 Å². The monoisotopic (exact) mass is 532 g/mol. The van der Waals surface area contributed by atoms with Crippen LogP contribution in [0, 0.1) is 0 Å². The molecule has 0 saturated carbocycles. The van der Waals surface area contributed by atoms with Crippen LogP contribution in [0.3, 0.4) is 0 Å². The van der Waals surface area contributed by atoms with Crippen molar-refractivity contribution in [1.82, 2.24) is 10.3 Å². The van der Waals surface area contributed by atoms with Gasteiger partial charge in [-0.05, 0) is 42.5 Å². The third kappa shape index (κ3) is 6.39. The lowest BCUT2D eigenvalue weighted by molar-refractivity contribution is -0.152. The van der Waals surface area contributed by atoms with Gasteiger partial charge in [-0.25, -0.2) is 9.78 Å². The van der Waals surface area contributed by atoms with Gasteiger partial charge in [0.15, 0.2) is 5.58 Å². The van der Waals surface area contributed by atoms with Crippen LogP contribution in [0.15, 0.2) is 71.1 Å². The van der Waals surface area contributed by atoms with E-state index in [1.165, 1.54) is 31.2 Å². The zero-order chi connectivity index (χ0) is 26.6. The van der Waals surface area contributed by atoms with Crippen molar-refractivity contribution in [3.05, 3.63) is 82.9 Å². The van der Waals surface area contributed by atoms with Crippen LogP contribution in [0.5, 0.6) is 5.75 Å². The zero-order valence-electron chi connectivity index (χ0n) is 19.3. The standard InChI is InChI=1S/C26H20ClF3N2O5/c1-15(33)31-12-13-35-25(34)23(16-6-9-18(27)10-7-16)36-21-11-8-17(26(28,29)30)14-19(21)24-32-20-4-2-3-5-22(20)37-24/h2-11,14,23H,12-13H2,1H3,(H,31,33). The highest BCUT2D eigenvalue weighted by Gasteiger charge is 2.33. The maximum Gasteiger partial charge on any atom is 0.416 e. The second-order valence-corrected chi connectivity index (χ2v) is 8.33. The number of fused-ring (bicyclic) bond motifs is 1. The number of hydrogen-bond donors (Lipinski definition) is 1. The summed E-state index contributed by atoms with van der Waals surface area (Å²) in [6.07, 6.45) is -6.01. The van der Waals surface area contributed by atoms with E-state index in [9.17, 15) is 22.8 Å². The smallest absolute Gasteiger partial charge is 0.416 e. The number of oxazole rings is 1. The Labute approximate surface area is 214 Å². The van der Waals surface area contributed by atoms with E-state index in [4.69, 9.17) is 25.5 Å². The number of nitrogens with one attached hydrogen (secondary N) is 1. The van der Waals surface area contributed by atoms with Crippen molar-refractivity contribution < 1.29 is 36.7 Å². The van der Waals surface area contributed by atoms with E-state index >= 15 is 0 Å². The molecule has 192 valence electrons. The lowest BCUT2D eigenvalue weighted by Gasteiger charge is -2.20. The Morgan fingerprint density at radius 1 is 1.08 bits per heavy atom. The average molecular weight is 533 g/mol. The molecule has 0 spiro atoms. The topological polar surface area (TPSA) is 90.7 Å². The number of hydrogen-bond acceptors (Lipinski definition) is 6. The van der Waals surface area contributed by atoms with Crippen LogP contribution in [-0.4, -0.2) is 30.0 Å². The predicted octanol–water partition coefficient (Wildman–Crippen LogP) is 5.97. The third-order valence-corrected chi connectivity index (χ3v) is 5.44. The van der Waals surface area contributed by atoms with Gasteiger partial charge < -0.3 is 19.2 Å². The maximum absolute atomic E-state index is 13.5. The fraction of sp³-hybridized carbons (Fsp3) is 0.192. The molecular weight excluding hydrogens is 513 g/mol. The molecule has 3 aromatic carbocycles. The second-order valence-electron chi connectivity index (χ2n) is 7.90. The number of esters is 1. The largest absolute Gasteiger partial charge is 0.473 e. The summed E-state index contributed by atoms with van der Waals surface area (Å²) < 4.78 is 57.5. The van der Waals surface area contributed by atoms with E-state index < -0.39 is 23.8 Å². The molecule has 0 aliphatic rings. The molecule has 0 saturated heterocycles. The second kappa shape index (κ2) is 10.9. The van der Waals surface area contributed by atoms with Gasteiger partial charge in [0.25, 0.3) is 0 Å². The number of amides is 1. The van der Waals surface area contributed by atoms with E-state index in [0.29, 0.717) is 21.7 Å². The Hall–Kier alpha value is -4.05. The van der Waals surface area contributed by atoms with E-state index in [2.05, 4.69) is 10.3 Å². The van der Waals surface area contributed by atoms with Gasteiger partial charge in [0.2, 0.25) is 17.9 Å². The van der Waals surface area contributed by atoms with Gasteiger partial charge in [0, 0.05) is 17.5 Å². The number of rotatable bonds is 8. The number of ether oxygens (including phenoxy) is 2. The highest BCUT2D eigenvalue weighted by atomic mass is 35.5. The number of alkyl halides is 3. The minimum absolute atomic E-state index is 0.0723. The van der Waals surface area contributed by atoms with E-state index in [1.807, 2.05) is 0 Å². The SMILES string of the molecule is CC(=O)NCCOC(=O)C(Oc1ccc(C(F)(F)F)cc1-c1nc2ccccc2o1)c1ccc(Cl)cc1. The van der Waals surface area contributed by atoms with Crippen LogP contribution >= 0.6 is 11.6 Å². The van der Waals surface area contributed by atoms with E-state index in [0.717, 1.165) is 18.2 Å². The van der Waals surface area contributed by atoms with Gasteiger partial charge in [0.1, 0.15) is 17.9 Å². The van der Waals surface area contributed by atoms with Crippen LogP contribution < -0.4 is 10.1 Å². The number of para-hydroxylation sites is 2. The Bertz CT molecular complexity index is 1390. The molecule has 1 aromatic heterocycles. The summed E-state index contributed by atoms with van der Waals surface area (Å²) in [5, 5.41) is 2.90. The molecule has 1 heterocycles. The van der Waals surface area contributed by atoms with Crippen molar-refractivity contribution in [2.75, 3.05) is 13.2 Å². The summed E-state index contributed by atoms with van der Waals surface area (Å²) >= 11 is 5.97. The number of nitrogens with zero attached hydrogens (tertiary/aromatic N) is 1. The molecule has 0 fully saturated rings. The number of halogens is 4. The molecular formula is C26H20ClF3N2O5. The molecule has 4 aromatic rings. The van der Waals surface area contributed by atoms with Crippen molar-refractivity contribution in [3.63, 3.8) is 0 Å². The summed E-state index contributed by atoms with van der Waals surface area (Å²) in [7, 11) is 0. The molecule has 0 aliphatic carbocycles. The van der Waals surface area contributed by atoms with Crippen LogP contribution in [0.25, 0.3) is 22.6 Å². The minimum Gasteiger partial charge on any atom is -0.473 e. The summed E-state index contributed by atoms with van der Waals surface area (Å²) in [6.45, 7) is 1.25. The normalized spacial score (nSPS) is 12.2. The molecule has 1 unspecified atom stereocenters. The average Bonchev–Trinajstić information content (AvgIpc) is 3.29. The molecule has 0 aliphatic heterocycles. The molecule has 11 heteroatoms. The summed E-state index contributed by atoms with van der Waals surface area (Å²) in [5.74, 6) is -1.32. The molecule has 0 bridgehead atoms. The summed E-state index contributed by atoms with van der Waals surface area (Å²) in [5.41, 5.74) is 0.103. The lowest BCUT2D eigenvalue weighted by atomic mass is 10.1. The Morgan fingerprint density at radius 2 is 1.81 bits per heavy atom. The van der Waals surface area contributed by atoms with E-state index in [1.54, 1.807) is 24.3 Å².